The lowest BCUT2D eigenvalue weighted by Gasteiger charge is -1.99. The summed E-state index contributed by atoms with van der Waals surface area (Å²) in [5, 5.41) is 10.9. The summed E-state index contributed by atoms with van der Waals surface area (Å²) in [6, 6.07) is 2.03. The third kappa shape index (κ3) is 2.05. The van der Waals surface area contributed by atoms with Crippen LogP contribution in [0.4, 0.5) is 0 Å². The number of aliphatic hydroxyl groups is 1. The normalized spacial score (nSPS) is 10.7. The Labute approximate surface area is 94.2 Å². The van der Waals surface area contributed by atoms with Crippen molar-refractivity contribution in [2.24, 2.45) is 0 Å². The molecule has 5 heteroatoms. The van der Waals surface area contributed by atoms with Crippen molar-refractivity contribution in [1.29, 1.82) is 0 Å². The van der Waals surface area contributed by atoms with Gasteiger partial charge in [-0.15, -0.1) is 11.3 Å². The molecule has 0 aliphatic heterocycles. The van der Waals surface area contributed by atoms with Gasteiger partial charge >= 0.3 is 0 Å². The van der Waals surface area contributed by atoms with Crippen molar-refractivity contribution in [3.05, 3.63) is 39.0 Å². The molecule has 0 fully saturated rings. The van der Waals surface area contributed by atoms with Gasteiger partial charge in [0.2, 0.25) is 0 Å². The quantitative estimate of drug-likeness (QED) is 0.931. The molecule has 3 nitrogen and oxygen atoms in total. The Balaban J connectivity index is 2.15. The maximum absolute atomic E-state index is 8.85. The molecule has 0 aliphatic rings. The first-order valence-corrected chi connectivity index (χ1v) is 5.80. The van der Waals surface area contributed by atoms with Crippen LogP contribution in [0.5, 0.6) is 0 Å². The summed E-state index contributed by atoms with van der Waals surface area (Å²) in [5.41, 5.74) is 0.706. The fourth-order valence-corrected chi connectivity index (χ4v) is 2.66. The largest absolute Gasteiger partial charge is 0.390 e. The first kappa shape index (κ1) is 9.89. The first-order chi connectivity index (χ1) is 6.79. The minimum Gasteiger partial charge on any atom is -0.390 e. The average Bonchev–Trinajstić information content (AvgIpc) is 2.77. The number of rotatable bonds is 3. The number of nitrogens with zero attached hydrogens (tertiary/aromatic N) is 2. The Morgan fingerprint density at radius 3 is 3.00 bits per heavy atom. The average molecular weight is 273 g/mol. The summed E-state index contributed by atoms with van der Waals surface area (Å²) < 4.78 is 3.09. The highest BCUT2D eigenvalue weighted by Crippen LogP contribution is 2.23. The van der Waals surface area contributed by atoms with Crippen molar-refractivity contribution in [3.63, 3.8) is 0 Å². The van der Waals surface area contributed by atoms with Crippen LogP contribution in [-0.4, -0.2) is 14.7 Å². The Hall–Kier alpha value is -0.650. The molecule has 74 valence electrons. The molecule has 2 rings (SSSR count). The van der Waals surface area contributed by atoms with Crippen molar-refractivity contribution in [3.8, 4) is 0 Å². The van der Waals surface area contributed by atoms with Gasteiger partial charge in [0.1, 0.15) is 0 Å². The van der Waals surface area contributed by atoms with Gasteiger partial charge in [-0.1, -0.05) is 0 Å². The second-order valence-electron chi connectivity index (χ2n) is 2.89. The lowest BCUT2D eigenvalue weighted by atomic mass is 10.4. The molecule has 0 spiro atoms. The van der Waals surface area contributed by atoms with Gasteiger partial charge in [-0.25, -0.2) is 4.98 Å². The molecule has 0 saturated carbocycles. The summed E-state index contributed by atoms with van der Waals surface area (Å²) in [6.45, 7) is 0.795. The van der Waals surface area contributed by atoms with Gasteiger partial charge in [-0.3, -0.25) is 0 Å². The predicted molar refractivity (Wildman–Crippen MR) is 59.3 cm³/mol. The van der Waals surface area contributed by atoms with Crippen LogP contribution < -0.4 is 0 Å². The minimum atomic E-state index is -0.00138. The van der Waals surface area contributed by atoms with E-state index in [1.807, 2.05) is 22.2 Å². The molecule has 0 saturated heterocycles. The van der Waals surface area contributed by atoms with Crippen molar-refractivity contribution in [2.45, 2.75) is 13.2 Å². The lowest BCUT2D eigenvalue weighted by Crippen LogP contribution is -1.94. The van der Waals surface area contributed by atoms with Crippen LogP contribution >= 0.6 is 27.3 Å². The lowest BCUT2D eigenvalue weighted by molar-refractivity contribution is 0.277. The monoisotopic (exact) mass is 272 g/mol. The van der Waals surface area contributed by atoms with Crippen molar-refractivity contribution in [1.82, 2.24) is 9.55 Å². The molecule has 2 aromatic heterocycles. The number of halogens is 1. The van der Waals surface area contributed by atoms with E-state index in [9.17, 15) is 0 Å². The summed E-state index contributed by atoms with van der Waals surface area (Å²) in [7, 11) is 0. The first-order valence-electron chi connectivity index (χ1n) is 4.13. The summed E-state index contributed by atoms with van der Waals surface area (Å²) in [6.07, 6.45) is 3.59. The van der Waals surface area contributed by atoms with E-state index in [0.717, 1.165) is 11.0 Å². The number of hydrogen-bond acceptors (Lipinski definition) is 3. The molecule has 1 N–H and O–H groups in total. The van der Waals surface area contributed by atoms with Gasteiger partial charge in [-0.05, 0) is 27.4 Å². The van der Waals surface area contributed by atoms with E-state index in [2.05, 4.69) is 20.9 Å². The third-order valence-electron chi connectivity index (χ3n) is 1.87. The standard InChI is InChI=1S/C9H9BrN2OS/c10-8-1-2-14-9(8)4-12-3-7(5-13)11-6-12/h1-3,6,13H,4-5H2. The molecule has 0 atom stereocenters. The smallest absolute Gasteiger partial charge is 0.0953 e. The van der Waals surface area contributed by atoms with Crippen LogP contribution in [0.3, 0.4) is 0 Å². The fourth-order valence-electron chi connectivity index (χ4n) is 1.18. The molecule has 0 amide bonds. The van der Waals surface area contributed by atoms with E-state index in [-0.39, 0.29) is 6.61 Å². The van der Waals surface area contributed by atoms with Crippen molar-refractivity contribution >= 4 is 27.3 Å². The molecule has 0 aliphatic carbocycles. The summed E-state index contributed by atoms with van der Waals surface area (Å²) in [4.78, 5) is 5.30. The Morgan fingerprint density at radius 1 is 1.57 bits per heavy atom. The van der Waals surface area contributed by atoms with Gasteiger partial charge in [0.05, 0.1) is 25.2 Å². The molecule has 2 aromatic rings. The number of aromatic nitrogens is 2. The third-order valence-corrected chi connectivity index (χ3v) is 3.78. The van der Waals surface area contributed by atoms with Crippen LogP contribution in [0.1, 0.15) is 10.6 Å². The molecule has 14 heavy (non-hydrogen) atoms. The number of hydrogen-bond donors (Lipinski definition) is 1. The van der Waals surface area contributed by atoms with Crippen LogP contribution in [0.25, 0.3) is 0 Å². The molecule has 2 heterocycles. The topological polar surface area (TPSA) is 38.0 Å². The molecular weight excluding hydrogens is 264 g/mol. The Bertz CT molecular complexity index is 424. The molecule has 0 radical (unpaired) electrons. The van der Waals surface area contributed by atoms with Gasteiger partial charge in [-0.2, -0.15) is 0 Å². The highest BCUT2D eigenvalue weighted by atomic mass is 79.9. The van der Waals surface area contributed by atoms with Crippen LogP contribution in [0.2, 0.25) is 0 Å². The zero-order valence-corrected chi connectivity index (χ0v) is 9.75. The highest BCUT2D eigenvalue weighted by Gasteiger charge is 2.03. The summed E-state index contributed by atoms with van der Waals surface area (Å²) >= 11 is 5.18. The van der Waals surface area contributed by atoms with Gasteiger partial charge in [0, 0.05) is 15.5 Å². The number of aliphatic hydroxyl groups excluding tert-OH is 1. The van der Waals surface area contributed by atoms with E-state index in [0.29, 0.717) is 5.69 Å². The minimum absolute atomic E-state index is 0.00138. The molecule has 0 unspecified atom stereocenters. The second kappa shape index (κ2) is 4.25. The van der Waals surface area contributed by atoms with E-state index in [1.165, 1.54) is 4.88 Å². The molecular formula is C9H9BrN2OS. The molecule has 0 aromatic carbocycles. The Morgan fingerprint density at radius 2 is 2.43 bits per heavy atom. The van der Waals surface area contributed by atoms with Gasteiger partial charge < -0.3 is 9.67 Å². The predicted octanol–water partition coefficient (Wildman–Crippen LogP) is 2.25. The maximum Gasteiger partial charge on any atom is 0.0953 e. The maximum atomic E-state index is 8.85. The van der Waals surface area contributed by atoms with Crippen LogP contribution in [-0.2, 0) is 13.2 Å². The zero-order valence-electron chi connectivity index (χ0n) is 7.35. The van der Waals surface area contributed by atoms with Crippen LogP contribution in [0, 0.1) is 0 Å². The molecule has 0 bridgehead atoms. The zero-order chi connectivity index (χ0) is 9.97. The highest BCUT2D eigenvalue weighted by molar-refractivity contribution is 9.10. The fraction of sp³-hybridized carbons (Fsp3) is 0.222. The van der Waals surface area contributed by atoms with E-state index < -0.39 is 0 Å². The van der Waals surface area contributed by atoms with Gasteiger partial charge in [0.15, 0.2) is 0 Å². The van der Waals surface area contributed by atoms with Gasteiger partial charge in [0.25, 0.3) is 0 Å². The second-order valence-corrected chi connectivity index (χ2v) is 4.74. The Kier molecular flexibility index (Phi) is 3.00. The number of imidazole rings is 1. The van der Waals surface area contributed by atoms with Crippen molar-refractivity contribution < 1.29 is 5.11 Å². The van der Waals surface area contributed by atoms with E-state index in [1.54, 1.807) is 17.7 Å². The SMILES string of the molecule is OCc1cn(Cc2sccc2Br)cn1. The van der Waals surface area contributed by atoms with Crippen LogP contribution in [0.15, 0.2) is 28.4 Å². The van der Waals surface area contributed by atoms with E-state index in [4.69, 9.17) is 5.11 Å². The van der Waals surface area contributed by atoms with E-state index >= 15 is 0 Å². The number of thiophene rings is 1. The summed E-state index contributed by atoms with van der Waals surface area (Å²) in [5.74, 6) is 0. The van der Waals surface area contributed by atoms with Crippen molar-refractivity contribution in [2.75, 3.05) is 0 Å².